The summed E-state index contributed by atoms with van der Waals surface area (Å²) < 4.78 is 11.2. The maximum absolute atomic E-state index is 6.23. The zero-order valence-electron chi connectivity index (χ0n) is 11.8. The number of para-hydroxylation sites is 1. The van der Waals surface area contributed by atoms with Crippen LogP contribution in [-0.4, -0.2) is 43.9 Å². The first-order valence-corrected chi connectivity index (χ1v) is 7.03. The Hall–Kier alpha value is -1.10. The summed E-state index contributed by atoms with van der Waals surface area (Å²) in [4.78, 5) is 2.39. The molecule has 2 N–H and O–H groups in total. The van der Waals surface area contributed by atoms with E-state index in [1.807, 2.05) is 25.1 Å². The maximum atomic E-state index is 6.23. The molecule has 19 heavy (non-hydrogen) atoms. The van der Waals surface area contributed by atoms with E-state index in [-0.39, 0.29) is 12.1 Å². The van der Waals surface area contributed by atoms with Crippen LogP contribution in [0.25, 0.3) is 0 Å². The minimum absolute atomic E-state index is 0.0553. The summed E-state index contributed by atoms with van der Waals surface area (Å²) in [6, 6.07) is 8.44. The third-order valence-electron chi connectivity index (χ3n) is 3.47. The molecule has 106 valence electrons. The fourth-order valence-corrected chi connectivity index (χ4v) is 2.68. The van der Waals surface area contributed by atoms with Crippen molar-refractivity contribution in [3.8, 4) is 5.75 Å². The quantitative estimate of drug-likeness (QED) is 0.881. The Kier molecular flexibility index (Phi) is 5.19. The molecule has 1 aliphatic rings. The summed E-state index contributed by atoms with van der Waals surface area (Å²) >= 11 is 0. The molecule has 1 fully saturated rings. The summed E-state index contributed by atoms with van der Waals surface area (Å²) in [6.45, 7) is 8.14. The molecular formula is C15H24N2O2. The Morgan fingerprint density at radius 3 is 2.63 bits per heavy atom. The molecule has 1 saturated heterocycles. The first-order valence-electron chi connectivity index (χ1n) is 7.03. The van der Waals surface area contributed by atoms with E-state index >= 15 is 0 Å². The van der Waals surface area contributed by atoms with Gasteiger partial charge in [0, 0.05) is 24.7 Å². The van der Waals surface area contributed by atoms with Crippen molar-refractivity contribution >= 4 is 0 Å². The second kappa shape index (κ2) is 6.89. The van der Waals surface area contributed by atoms with E-state index in [0.29, 0.717) is 6.61 Å². The van der Waals surface area contributed by atoms with Gasteiger partial charge in [-0.3, -0.25) is 4.90 Å². The fraction of sp³-hybridized carbons (Fsp3) is 0.600. The zero-order chi connectivity index (χ0) is 13.7. The fourth-order valence-electron chi connectivity index (χ4n) is 2.68. The average Bonchev–Trinajstić information content (AvgIpc) is 2.42. The molecule has 4 heteroatoms. The Labute approximate surface area is 115 Å². The van der Waals surface area contributed by atoms with Crippen LogP contribution in [0.2, 0.25) is 0 Å². The Bertz CT molecular complexity index is 389. The lowest BCUT2D eigenvalue weighted by Crippen LogP contribution is -2.45. The highest BCUT2D eigenvalue weighted by molar-refractivity contribution is 5.37. The van der Waals surface area contributed by atoms with Crippen LogP contribution < -0.4 is 10.5 Å². The third kappa shape index (κ3) is 3.47. The van der Waals surface area contributed by atoms with Crippen LogP contribution in [0.5, 0.6) is 5.75 Å². The van der Waals surface area contributed by atoms with Crippen molar-refractivity contribution in [2.24, 2.45) is 5.73 Å². The molecular weight excluding hydrogens is 240 g/mol. The van der Waals surface area contributed by atoms with E-state index < -0.39 is 0 Å². The van der Waals surface area contributed by atoms with E-state index in [0.717, 1.165) is 32.1 Å². The lowest BCUT2D eigenvalue weighted by molar-refractivity contribution is 0.0110. The van der Waals surface area contributed by atoms with Crippen molar-refractivity contribution in [1.29, 1.82) is 0 Å². The number of hydrogen-bond acceptors (Lipinski definition) is 4. The van der Waals surface area contributed by atoms with E-state index in [4.69, 9.17) is 15.2 Å². The largest absolute Gasteiger partial charge is 0.494 e. The number of nitrogens with two attached hydrogens (primary N) is 1. The Balaban J connectivity index is 2.27. The van der Waals surface area contributed by atoms with Gasteiger partial charge in [-0.1, -0.05) is 18.2 Å². The molecule has 4 nitrogen and oxygen atoms in total. The molecule has 0 saturated carbocycles. The van der Waals surface area contributed by atoms with Gasteiger partial charge in [0.1, 0.15) is 5.75 Å². The van der Waals surface area contributed by atoms with Gasteiger partial charge in [0.05, 0.1) is 25.9 Å². The molecule has 1 heterocycles. The van der Waals surface area contributed by atoms with E-state index in [1.54, 1.807) is 0 Å². The summed E-state index contributed by atoms with van der Waals surface area (Å²) in [6.07, 6.45) is 0. The smallest absolute Gasteiger partial charge is 0.124 e. The summed E-state index contributed by atoms with van der Waals surface area (Å²) in [7, 11) is 0. The first kappa shape index (κ1) is 14.3. The van der Waals surface area contributed by atoms with Crippen LogP contribution >= 0.6 is 0 Å². The maximum Gasteiger partial charge on any atom is 0.124 e. The molecule has 0 bridgehead atoms. The molecule has 0 radical (unpaired) electrons. The molecule has 2 rings (SSSR count). The lowest BCUT2D eigenvalue weighted by atomic mass is 9.97. The van der Waals surface area contributed by atoms with Gasteiger partial charge in [0.25, 0.3) is 0 Å². The second-order valence-electron chi connectivity index (χ2n) is 4.92. The van der Waals surface area contributed by atoms with Crippen molar-refractivity contribution in [2.75, 3.05) is 32.9 Å². The normalized spacial score (nSPS) is 19.9. The predicted octanol–water partition coefficient (Wildman–Crippen LogP) is 1.81. The number of ether oxygens (including phenoxy) is 2. The van der Waals surface area contributed by atoms with Crippen LogP contribution in [0.1, 0.15) is 25.5 Å². The van der Waals surface area contributed by atoms with E-state index in [9.17, 15) is 0 Å². The standard InChI is InChI=1S/C15H24N2O2/c1-3-19-14-7-5-4-6-13(14)15(12(2)16)17-8-10-18-11-9-17/h4-7,12,15H,3,8-11,16H2,1-2H3. The number of nitrogens with zero attached hydrogens (tertiary/aromatic N) is 1. The van der Waals surface area contributed by atoms with Gasteiger partial charge >= 0.3 is 0 Å². The molecule has 1 aromatic rings. The van der Waals surface area contributed by atoms with Crippen LogP contribution in [0.3, 0.4) is 0 Å². The summed E-state index contributed by atoms with van der Waals surface area (Å²) in [5, 5.41) is 0. The second-order valence-corrected chi connectivity index (χ2v) is 4.92. The van der Waals surface area contributed by atoms with Crippen LogP contribution in [-0.2, 0) is 4.74 Å². The van der Waals surface area contributed by atoms with Gasteiger partial charge < -0.3 is 15.2 Å². The molecule has 0 aromatic heterocycles. The highest BCUT2D eigenvalue weighted by atomic mass is 16.5. The molecule has 2 atom stereocenters. The minimum atomic E-state index is 0.0553. The molecule has 0 spiro atoms. The summed E-state index contributed by atoms with van der Waals surface area (Å²) in [5.74, 6) is 0.943. The SMILES string of the molecule is CCOc1ccccc1C(C(C)N)N1CCOCC1. The van der Waals surface area contributed by atoms with Crippen molar-refractivity contribution in [2.45, 2.75) is 25.9 Å². The number of morpholine rings is 1. The Morgan fingerprint density at radius 2 is 2.00 bits per heavy atom. The van der Waals surface area contributed by atoms with Gasteiger partial charge in [0.15, 0.2) is 0 Å². The highest BCUT2D eigenvalue weighted by Gasteiger charge is 2.27. The van der Waals surface area contributed by atoms with Crippen molar-refractivity contribution in [3.63, 3.8) is 0 Å². The zero-order valence-corrected chi connectivity index (χ0v) is 11.8. The first-order chi connectivity index (χ1) is 9.24. The topological polar surface area (TPSA) is 47.7 Å². The molecule has 1 aromatic carbocycles. The minimum Gasteiger partial charge on any atom is -0.494 e. The summed E-state index contributed by atoms with van der Waals surface area (Å²) in [5.41, 5.74) is 7.41. The van der Waals surface area contributed by atoms with Crippen molar-refractivity contribution in [3.05, 3.63) is 29.8 Å². The number of hydrogen-bond donors (Lipinski definition) is 1. The third-order valence-corrected chi connectivity index (χ3v) is 3.47. The van der Waals surface area contributed by atoms with Crippen LogP contribution in [0, 0.1) is 0 Å². The van der Waals surface area contributed by atoms with E-state index in [2.05, 4.69) is 17.9 Å². The van der Waals surface area contributed by atoms with E-state index in [1.165, 1.54) is 5.56 Å². The van der Waals surface area contributed by atoms with Crippen molar-refractivity contribution in [1.82, 2.24) is 4.90 Å². The van der Waals surface area contributed by atoms with Crippen molar-refractivity contribution < 1.29 is 9.47 Å². The Morgan fingerprint density at radius 1 is 1.32 bits per heavy atom. The van der Waals surface area contributed by atoms with Gasteiger partial charge in [0.2, 0.25) is 0 Å². The molecule has 0 aliphatic carbocycles. The van der Waals surface area contributed by atoms with Crippen LogP contribution in [0.15, 0.2) is 24.3 Å². The van der Waals surface area contributed by atoms with Gasteiger partial charge in [-0.25, -0.2) is 0 Å². The molecule has 1 aliphatic heterocycles. The average molecular weight is 264 g/mol. The lowest BCUT2D eigenvalue weighted by Gasteiger charge is -2.37. The van der Waals surface area contributed by atoms with Gasteiger partial charge in [-0.05, 0) is 19.9 Å². The molecule has 2 unspecified atom stereocenters. The number of benzene rings is 1. The van der Waals surface area contributed by atoms with Gasteiger partial charge in [-0.2, -0.15) is 0 Å². The highest BCUT2D eigenvalue weighted by Crippen LogP contribution is 2.31. The van der Waals surface area contributed by atoms with Gasteiger partial charge in [-0.15, -0.1) is 0 Å². The van der Waals surface area contributed by atoms with Crippen LogP contribution in [0.4, 0.5) is 0 Å². The number of rotatable bonds is 5. The molecule has 0 amide bonds. The predicted molar refractivity (Wildman–Crippen MR) is 76.4 cm³/mol. The monoisotopic (exact) mass is 264 g/mol.